The maximum atomic E-state index is 7.00. The predicted molar refractivity (Wildman–Crippen MR) is 115 cm³/mol. The zero-order valence-electron chi connectivity index (χ0n) is 18.8. The van der Waals surface area contributed by atoms with Crippen molar-refractivity contribution < 1.29 is 9.84 Å². The third-order valence-electron chi connectivity index (χ3n) is 5.67. The lowest BCUT2D eigenvalue weighted by atomic mass is 9.74. The Hall–Kier alpha value is -0.600. The summed E-state index contributed by atoms with van der Waals surface area (Å²) in [5.74, 6) is 3.19. The maximum Gasteiger partial charge on any atom is 0.0791 e. The Morgan fingerprint density at radius 1 is 1.08 bits per heavy atom. The maximum absolute atomic E-state index is 7.00. The van der Waals surface area contributed by atoms with Gasteiger partial charge in [-0.2, -0.15) is 0 Å². The summed E-state index contributed by atoms with van der Waals surface area (Å²) < 4.78 is 6.19. The van der Waals surface area contributed by atoms with Crippen LogP contribution in [0, 0.1) is 23.7 Å². The van der Waals surface area contributed by atoms with Crippen molar-refractivity contribution >= 4 is 0 Å². The molecule has 154 valence electrons. The molecule has 1 aliphatic heterocycles. The van der Waals surface area contributed by atoms with Crippen LogP contribution in [0.25, 0.3) is 0 Å². The Kier molecular flexibility index (Phi) is 13.2. The number of rotatable bonds is 5. The topological polar surface area (TPSA) is 29.5 Å². The van der Waals surface area contributed by atoms with Gasteiger partial charge in [-0.1, -0.05) is 58.9 Å². The second kappa shape index (κ2) is 13.6. The monoisotopic (exact) mass is 366 g/mol. The highest BCUT2D eigenvalue weighted by molar-refractivity contribution is 5.05. The molecule has 1 saturated heterocycles. The normalized spacial score (nSPS) is 27.8. The molecule has 0 spiro atoms. The number of allylic oxidation sites excluding steroid dienone is 3. The highest BCUT2D eigenvalue weighted by Crippen LogP contribution is 2.40. The van der Waals surface area contributed by atoms with Crippen molar-refractivity contribution in [3.05, 3.63) is 24.3 Å². The van der Waals surface area contributed by atoms with Crippen molar-refractivity contribution in [3.63, 3.8) is 0 Å². The van der Waals surface area contributed by atoms with Crippen molar-refractivity contribution in [2.75, 3.05) is 7.11 Å². The number of aliphatic hydroxyl groups excluding tert-OH is 1. The SMILES string of the molecule is CC(C)C(C)CC1C=CC2OC(C)(C)CCC2C1.CC/C=C\CC.CO. The largest absolute Gasteiger partial charge is 0.400 e. The second-order valence-electron chi connectivity index (χ2n) is 8.77. The molecule has 26 heavy (non-hydrogen) atoms. The van der Waals surface area contributed by atoms with E-state index in [1.54, 1.807) is 0 Å². The lowest BCUT2D eigenvalue weighted by Gasteiger charge is -2.43. The van der Waals surface area contributed by atoms with E-state index in [1.807, 2.05) is 0 Å². The molecule has 2 heteroatoms. The van der Waals surface area contributed by atoms with Gasteiger partial charge in [-0.3, -0.25) is 0 Å². The zero-order valence-corrected chi connectivity index (χ0v) is 18.8. The van der Waals surface area contributed by atoms with Gasteiger partial charge in [-0.25, -0.2) is 0 Å². The van der Waals surface area contributed by atoms with Crippen molar-refractivity contribution in [3.8, 4) is 0 Å². The van der Waals surface area contributed by atoms with Crippen LogP contribution in [0.1, 0.15) is 87.0 Å². The van der Waals surface area contributed by atoms with Crippen LogP contribution in [0.15, 0.2) is 24.3 Å². The van der Waals surface area contributed by atoms with Crippen LogP contribution in [0.4, 0.5) is 0 Å². The molecule has 1 heterocycles. The zero-order chi connectivity index (χ0) is 20.2. The molecule has 0 saturated carbocycles. The standard InChI is InChI=1S/C17H30O.C6H12.CH4O/c1-12(2)13(3)10-14-6-7-16-15(11-14)8-9-17(4,5)18-16;1-3-5-6-4-2;1-2/h6-7,12-16H,8-11H2,1-5H3;5-6H,3-4H2,1-2H3;2H,1H3/b;6-5-;. The number of hydrogen-bond donors (Lipinski definition) is 1. The Morgan fingerprint density at radius 2 is 1.65 bits per heavy atom. The average Bonchev–Trinajstić information content (AvgIpc) is 2.61. The van der Waals surface area contributed by atoms with Crippen LogP contribution in [0.3, 0.4) is 0 Å². The molecule has 1 N–H and O–H groups in total. The van der Waals surface area contributed by atoms with E-state index in [2.05, 4.69) is 72.8 Å². The first-order valence-corrected chi connectivity index (χ1v) is 10.7. The van der Waals surface area contributed by atoms with Crippen LogP contribution in [-0.4, -0.2) is 23.9 Å². The molecule has 4 unspecified atom stereocenters. The Bertz CT molecular complexity index is 389. The summed E-state index contributed by atoms with van der Waals surface area (Å²) in [5.41, 5.74) is 0.0869. The van der Waals surface area contributed by atoms with Crippen molar-refractivity contribution in [2.24, 2.45) is 23.7 Å². The van der Waals surface area contributed by atoms with Gasteiger partial charge < -0.3 is 9.84 Å². The minimum atomic E-state index is 0.0869. The summed E-state index contributed by atoms with van der Waals surface area (Å²) in [6.07, 6.45) is 17.1. The van der Waals surface area contributed by atoms with Gasteiger partial charge >= 0.3 is 0 Å². The van der Waals surface area contributed by atoms with Crippen LogP contribution in [0.2, 0.25) is 0 Å². The van der Waals surface area contributed by atoms with E-state index >= 15 is 0 Å². The highest BCUT2D eigenvalue weighted by Gasteiger charge is 2.37. The second-order valence-corrected chi connectivity index (χ2v) is 8.77. The molecule has 4 atom stereocenters. The smallest absolute Gasteiger partial charge is 0.0791 e. The summed E-state index contributed by atoms with van der Waals surface area (Å²) in [6, 6.07) is 0. The molecule has 0 aromatic rings. The third-order valence-corrected chi connectivity index (χ3v) is 5.67. The Morgan fingerprint density at radius 3 is 2.15 bits per heavy atom. The fourth-order valence-corrected chi connectivity index (χ4v) is 3.66. The summed E-state index contributed by atoms with van der Waals surface area (Å²) in [7, 11) is 1.00. The fraction of sp³-hybridized carbons (Fsp3) is 0.833. The molecular weight excluding hydrogens is 320 g/mol. The van der Waals surface area contributed by atoms with Crippen LogP contribution >= 0.6 is 0 Å². The minimum Gasteiger partial charge on any atom is -0.400 e. The van der Waals surface area contributed by atoms with E-state index < -0.39 is 0 Å². The van der Waals surface area contributed by atoms with Crippen LogP contribution in [-0.2, 0) is 4.74 Å². The first kappa shape index (κ1) is 25.4. The molecule has 0 aromatic carbocycles. The van der Waals surface area contributed by atoms with Crippen LogP contribution < -0.4 is 0 Å². The lowest BCUT2D eigenvalue weighted by molar-refractivity contribution is -0.120. The van der Waals surface area contributed by atoms with E-state index in [-0.39, 0.29) is 5.60 Å². The lowest BCUT2D eigenvalue weighted by Crippen LogP contribution is -2.42. The van der Waals surface area contributed by atoms with Gasteiger partial charge in [0.05, 0.1) is 11.7 Å². The van der Waals surface area contributed by atoms with Gasteiger partial charge in [-0.05, 0) is 76.0 Å². The molecule has 0 amide bonds. The minimum absolute atomic E-state index is 0.0869. The van der Waals surface area contributed by atoms with Gasteiger partial charge in [0, 0.05) is 7.11 Å². The molecule has 0 radical (unpaired) electrons. The van der Waals surface area contributed by atoms with E-state index in [1.165, 1.54) is 38.5 Å². The molecular formula is C24H46O2. The predicted octanol–water partition coefficient (Wildman–Crippen LogP) is 6.79. The quantitative estimate of drug-likeness (QED) is 0.543. The highest BCUT2D eigenvalue weighted by atomic mass is 16.5. The fourth-order valence-electron chi connectivity index (χ4n) is 3.66. The Labute approximate surface area is 164 Å². The van der Waals surface area contributed by atoms with E-state index in [9.17, 15) is 0 Å². The Balaban J connectivity index is 0.000000667. The van der Waals surface area contributed by atoms with Crippen molar-refractivity contribution in [1.82, 2.24) is 0 Å². The molecule has 1 fully saturated rings. The summed E-state index contributed by atoms with van der Waals surface area (Å²) in [4.78, 5) is 0. The van der Waals surface area contributed by atoms with Crippen molar-refractivity contribution in [2.45, 2.75) is 98.7 Å². The molecule has 2 nitrogen and oxygen atoms in total. The van der Waals surface area contributed by atoms with Gasteiger partial charge in [0.1, 0.15) is 0 Å². The van der Waals surface area contributed by atoms with Crippen LogP contribution in [0.5, 0.6) is 0 Å². The van der Waals surface area contributed by atoms with Gasteiger partial charge in [0.25, 0.3) is 0 Å². The summed E-state index contributed by atoms with van der Waals surface area (Å²) in [6.45, 7) is 15.8. The number of ether oxygens (including phenoxy) is 1. The number of fused-ring (bicyclic) bond motifs is 1. The first-order valence-electron chi connectivity index (χ1n) is 10.7. The van der Waals surface area contributed by atoms with E-state index in [4.69, 9.17) is 9.84 Å². The molecule has 2 rings (SSSR count). The van der Waals surface area contributed by atoms with E-state index in [0.717, 1.165) is 30.8 Å². The van der Waals surface area contributed by atoms with E-state index in [0.29, 0.717) is 6.10 Å². The number of aliphatic hydroxyl groups is 1. The van der Waals surface area contributed by atoms with Gasteiger partial charge in [0.2, 0.25) is 0 Å². The van der Waals surface area contributed by atoms with Gasteiger partial charge in [-0.15, -0.1) is 0 Å². The molecule has 0 aromatic heterocycles. The third kappa shape index (κ3) is 9.92. The molecule has 2 aliphatic rings. The number of hydrogen-bond acceptors (Lipinski definition) is 2. The summed E-state index contributed by atoms with van der Waals surface area (Å²) in [5, 5.41) is 7.00. The first-order chi connectivity index (χ1) is 12.3. The molecule has 0 bridgehead atoms. The van der Waals surface area contributed by atoms with Crippen molar-refractivity contribution in [1.29, 1.82) is 0 Å². The summed E-state index contributed by atoms with van der Waals surface area (Å²) >= 11 is 0. The molecule has 1 aliphatic carbocycles. The van der Waals surface area contributed by atoms with Gasteiger partial charge in [0.15, 0.2) is 0 Å². The average molecular weight is 367 g/mol.